The third kappa shape index (κ3) is 1.76. The predicted octanol–water partition coefficient (Wildman–Crippen LogP) is 3.16. The highest BCUT2D eigenvalue weighted by molar-refractivity contribution is 7.80. The highest BCUT2D eigenvalue weighted by Crippen LogP contribution is 2.26. The maximum Gasteiger partial charge on any atom is 0.115 e. The summed E-state index contributed by atoms with van der Waals surface area (Å²) in [6.07, 6.45) is 0. The second kappa shape index (κ2) is 3.27. The van der Waals surface area contributed by atoms with E-state index in [9.17, 15) is 0 Å². The Bertz CT molecular complexity index is 506. The number of benzene rings is 1. The van der Waals surface area contributed by atoms with Gasteiger partial charge >= 0.3 is 0 Å². The lowest BCUT2D eigenvalue weighted by molar-refractivity contribution is 0.526. The van der Waals surface area contributed by atoms with E-state index in [0.29, 0.717) is 0 Å². The van der Waals surface area contributed by atoms with Crippen molar-refractivity contribution in [2.45, 2.75) is 31.1 Å². The maximum atomic E-state index is 4.66. The van der Waals surface area contributed by atoms with Crippen LogP contribution >= 0.6 is 12.6 Å². The van der Waals surface area contributed by atoms with Crippen LogP contribution in [0.1, 0.15) is 26.6 Å². The van der Waals surface area contributed by atoms with Gasteiger partial charge in [-0.25, -0.2) is 4.98 Å². The fraction of sp³-hybridized carbons (Fsp3) is 0.417. The molecule has 0 aliphatic heterocycles. The van der Waals surface area contributed by atoms with Crippen LogP contribution in [0.2, 0.25) is 0 Å². The third-order valence-corrected chi connectivity index (χ3v) is 2.81. The van der Waals surface area contributed by atoms with Crippen LogP contribution in [0.3, 0.4) is 0 Å². The molecule has 0 saturated heterocycles. The summed E-state index contributed by atoms with van der Waals surface area (Å²) in [6, 6.07) is 6.08. The van der Waals surface area contributed by atoms with Crippen molar-refractivity contribution in [3.8, 4) is 0 Å². The second-order valence-electron chi connectivity index (χ2n) is 4.92. The standard InChI is InChI=1S/C12H16N2S/c1-12(2,3)11-13-9-7-8(15)5-6-10(9)14(11)4/h5-7,15H,1-4H3. The van der Waals surface area contributed by atoms with Crippen LogP contribution in [0.5, 0.6) is 0 Å². The topological polar surface area (TPSA) is 17.8 Å². The summed E-state index contributed by atoms with van der Waals surface area (Å²) < 4.78 is 2.16. The normalized spacial score (nSPS) is 12.3. The molecule has 2 nitrogen and oxygen atoms in total. The van der Waals surface area contributed by atoms with Gasteiger partial charge in [0.25, 0.3) is 0 Å². The van der Waals surface area contributed by atoms with Gasteiger partial charge in [0, 0.05) is 17.4 Å². The number of imidazole rings is 1. The lowest BCUT2D eigenvalue weighted by Crippen LogP contribution is -2.17. The van der Waals surface area contributed by atoms with Crippen LogP contribution in [-0.4, -0.2) is 9.55 Å². The maximum absolute atomic E-state index is 4.66. The molecule has 0 amide bonds. The van der Waals surface area contributed by atoms with Crippen LogP contribution in [0, 0.1) is 0 Å². The van der Waals surface area contributed by atoms with Crippen LogP contribution in [0.25, 0.3) is 11.0 Å². The van der Waals surface area contributed by atoms with Crippen LogP contribution in [-0.2, 0) is 12.5 Å². The zero-order valence-corrected chi connectivity index (χ0v) is 10.5. The van der Waals surface area contributed by atoms with Gasteiger partial charge in [-0.05, 0) is 18.2 Å². The first-order chi connectivity index (χ1) is 6.89. The number of nitrogens with zero attached hydrogens (tertiary/aromatic N) is 2. The monoisotopic (exact) mass is 220 g/mol. The summed E-state index contributed by atoms with van der Waals surface area (Å²) in [7, 11) is 2.06. The quantitative estimate of drug-likeness (QED) is 0.675. The molecule has 2 rings (SSSR count). The molecular formula is C12H16N2S. The Kier molecular flexibility index (Phi) is 2.30. The number of aryl methyl sites for hydroxylation is 1. The minimum atomic E-state index is 0.0739. The first-order valence-corrected chi connectivity index (χ1v) is 5.50. The molecule has 0 unspecified atom stereocenters. The predicted molar refractivity (Wildman–Crippen MR) is 66.7 cm³/mol. The van der Waals surface area contributed by atoms with Gasteiger partial charge in [0.15, 0.2) is 0 Å². The molecule has 80 valence electrons. The molecule has 1 aromatic carbocycles. The van der Waals surface area contributed by atoms with Crippen molar-refractivity contribution < 1.29 is 0 Å². The fourth-order valence-corrected chi connectivity index (χ4v) is 2.06. The van der Waals surface area contributed by atoms with Gasteiger partial charge in [-0.15, -0.1) is 12.6 Å². The summed E-state index contributed by atoms with van der Waals surface area (Å²) in [4.78, 5) is 5.62. The van der Waals surface area contributed by atoms with Gasteiger partial charge in [-0.2, -0.15) is 0 Å². The van der Waals surface area contributed by atoms with Crippen molar-refractivity contribution in [2.75, 3.05) is 0 Å². The number of hydrogen-bond acceptors (Lipinski definition) is 2. The average molecular weight is 220 g/mol. The van der Waals surface area contributed by atoms with E-state index in [0.717, 1.165) is 21.8 Å². The molecule has 0 saturated carbocycles. The van der Waals surface area contributed by atoms with E-state index >= 15 is 0 Å². The smallest absolute Gasteiger partial charge is 0.115 e. The number of rotatable bonds is 0. The molecule has 0 aliphatic rings. The van der Waals surface area contributed by atoms with E-state index in [1.807, 2.05) is 12.1 Å². The molecule has 0 atom stereocenters. The summed E-state index contributed by atoms with van der Waals surface area (Å²) in [6.45, 7) is 6.53. The number of aromatic nitrogens is 2. The van der Waals surface area contributed by atoms with E-state index in [-0.39, 0.29) is 5.41 Å². The van der Waals surface area contributed by atoms with Crippen molar-refractivity contribution in [1.82, 2.24) is 9.55 Å². The lowest BCUT2D eigenvalue weighted by atomic mass is 9.96. The summed E-state index contributed by atoms with van der Waals surface area (Å²) in [5.74, 6) is 1.11. The Morgan fingerprint density at radius 1 is 1.27 bits per heavy atom. The Labute approximate surface area is 95.7 Å². The summed E-state index contributed by atoms with van der Waals surface area (Å²) in [5, 5.41) is 0. The lowest BCUT2D eigenvalue weighted by Gasteiger charge is -2.17. The molecule has 1 heterocycles. The van der Waals surface area contributed by atoms with Gasteiger partial charge in [-0.1, -0.05) is 20.8 Å². The van der Waals surface area contributed by atoms with E-state index in [1.54, 1.807) is 0 Å². The third-order valence-electron chi connectivity index (χ3n) is 2.54. The van der Waals surface area contributed by atoms with Crippen LogP contribution in [0.4, 0.5) is 0 Å². The first kappa shape index (κ1) is 10.6. The molecule has 15 heavy (non-hydrogen) atoms. The van der Waals surface area contributed by atoms with Crippen molar-refractivity contribution in [1.29, 1.82) is 0 Å². The minimum Gasteiger partial charge on any atom is -0.331 e. The molecule has 2 aromatic rings. The van der Waals surface area contributed by atoms with Gasteiger partial charge in [0.1, 0.15) is 5.82 Å². The summed E-state index contributed by atoms with van der Waals surface area (Å²) in [5.41, 5.74) is 2.26. The summed E-state index contributed by atoms with van der Waals surface area (Å²) >= 11 is 4.33. The van der Waals surface area contributed by atoms with E-state index in [2.05, 4.69) is 56.1 Å². The number of thiol groups is 1. The number of hydrogen-bond donors (Lipinski definition) is 1. The van der Waals surface area contributed by atoms with Crippen molar-refractivity contribution in [3.05, 3.63) is 24.0 Å². The Morgan fingerprint density at radius 3 is 2.53 bits per heavy atom. The van der Waals surface area contributed by atoms with E-state index < -0.39 is 0 Å². The SMILES string of the molecule is Cn1c(C(C)(C)C)nc2cc(S)ccc21. The molecule has 3 heteroatoms. The molecule has 0 radical (unpaired) electrons. The van der Waals surface area contributed by atoms with Crippen molar-refractivity contribution in [2.24, 2.45) is 7.05 Å². The van der Waals surface area contributed by atoms with E-state index in [1.165, 1.54) is 0 Å². The molecule has 0 aliphatic carbocycles. The van der Waals surface area contributed by atoms with Crippen molar-refractivity contribution >= 4 is 23.7 Å². The Morgan fingerprint density at radius 2 is 1.93 bits per heavy atom. The van der Waals surface area contributed by atoms with Crippen LogP contribution in [0.15, 0.2) is 23.1 Å². The second-order valence-corrected chi connectivity index (χ2v) is 5.43. The highest BCUT2D eigenvalue weighted by atomic mass is 32.1. The molecule has 1 aromatic heterocycles. The van der Waals surface area contributed by atoms with Gasteiger partial charge in [0.2, 0.25) is 0 Å². The molecule has 0 spiro atoms. The van der Waals surface area contributed by atoms with Crippen molar-refractivity contribution in [3.63, 3.8) is 0 Å². The zero-order chi connectivity index (χ0) is 11.2. The average Bonchev–Trinajstić information content (AvgIpc) is 2.42. The molecule has 0 bridgehead atoms. The van der Waals surface area contributed by atoms with Gasteiger partial charge in [0.05, 0.1) is 11.0 Å². The molecule has 0 fully saturated rings. The minimum absolute atomic E-state index is 0.0739. The largest absolute Gasteiger partial charge is 0.331 e. The molecular weight excluding hydrogens is 204 g/mol. The Balaban J connectivity index is 2.75. The van der Waals surface area contributed by atoms with E-state index in [4.69, 9.17) is 0 Å². The number of fused-ring (bicyclic) bond motifs is 1. The van der Waals surface area contributed by atoms with Gasteiger partial charge in [-0.3, -0.25) is 0 Å². The fourth-order valence-electron chi connectivity index (χ4n) is 1.86. The Hall–Kier alpha value is -0.960. The zero-order valence-electron chi connectivity index (χ0n) is 9.57. The highest BCUT2D eigenvalue weighted by Gasteiger charge is 2.20. The van der Waals surface area contributed by atoms with Gasteiger partial charge < -0.3 is 4.57 Å². The first-order valence-electron chi connectivity index (χ1n) is 5.05. The van der Waals surface area contributed by atoms with Crippen LogP contribution < -0.4 is 0 Å². The molecule has 0 N–H and O–H groups in total.